The second-order valence-corrected chi connectivity index (χ2v) is 5.76. The van der Waals surface area contributed by atoms with Gasteiger partial charge in [0.1, 0.15) is 12.4 Å². The standard InChI is InChI=1S/C12H13BrN2OS/c1-7-3-9(4-8(2)11(7)13)16-6-10-5-15-12(14)17-10/h3-5H,6H2,1-2H3,(H2,14,15). The smallest absolute Gasteiger partial charge is 0.180 e. The van der Waals surface area contributed by atoms with Crippen molar-refractivity contribution in [3.8, 4) is 5.75 Å². The van der Waals surface area contributed by atoms with E-state index in [1.165, 1.54) is 22.5 Å². The van der Waals surface area contributed by atoms with Gasteiger partial charge in [0.2, 0.25) is 0 Å². The van der Waals surface area contributed by atoms with Crippen LogP contribution in [0.25, 0.3) is 0 Å². The molecule has 0 amide bonds. The molecule has 0 fully saturated rings. The summed E-state index contributed by atoms with van der Waals surface area (Å²) < 4.78 is 6.85. The molecule has 0 saturated carbocycles. The van der Waals surface area contributed by atoms with Gasteiger partial charge in [-0.25, -0.2) is 4.98 Å². The topological polar surface area (TPSA) is 48.1 Å². The minimum Gasteiger partial charge on any atom is -0.488 e. The van der Waals surface area contributed by atoms with E-state index in [1.807, 2.05) is 12.1 Å². The number of aryl methyl sites for hydroxylation is 2. The van der Waals surface area contributed by atoms with E-state index >= 15 is 0 Å². The molecule has 17 heavy (non-hydrogen) atoms. The third kappa shape index (κ3) is 2.98. The van der Waals surface area contributed by atoms with E-state index in [4.69, 9.17) is 10.5 Å². The van der Waals surface area contributed by atoms with Gasteiger partial charge in [0, 0.05) is 10.7 Å². The Balaban J connectivity index is 2.09. The SMILES string of the molecule is Cc1cc(OCc2cnc(N)s2)cc(C)c1Br. The fourth-order valence-electron chi connectivity index (χ4n) is 1.53. The zero-order valence-electron chi connectivity index (χ0n) is 9.66. The predicted octanol–water partition coefficient (Wildman–Crippen LogP) is 3.68. The van der Waals surface area contributed by atoms with Crippen LogP contribution in [0.2, 0.25) is 0 Å². The molecule has 0 aliphatic rings. The first-order chi connectivity index (χ1) is 8.06. The molecule has 1 aromatic heterocycles. The van der Waals surface area contributed by atoms with Gasteiger partial charge in [0.05, 0.1) is 4.88 Å². The van der Waals surface area contributed by atoms with Crippen molar-refractivity contribution in [2.75, 3.05) is 5.73 Å². The molecule has 0 spiro atoms. The molecule has 0 radical (unpaired) electrons. The molecular formula is C12H13BrN2OS. The average molecular weight is 313 g/mol. The number of thiazole rings is 1. The van der Waals surface area contributed by atoms with Crippen LogP contribution in [-0.2, 0) is 6.61 Å². The van der Waals surface area contributed by atoms with Crippen molar-refractivity contribution in [3.63, 3.8) is 0 Å². The molecular weight excluding hydrogens is 300 g/mol. The van der Waals surface area contributed by atoms with Crippen molar-refractivity contribution < 1.29 is 4.74 Å². The van der Waals surface area contributed by atoms with Crippen molar-refractivity contribution in [1.82, 2.24) is 4.98 Å². The van der Waals surface area contributed by atoms with Crippen LogP contribution >= 0.6 is 27.3 Å². The zero-order chi connectivity index (χ0) is 12.4. The minimum atomic E-state index is 0.509. The molecule has 2 N–H and O–H groups in total. The Kier molecular flexibility index (Phi) is 3.69. The number of anilines is 1. The summed E-state index contributed by atoms with van der Waals surface area (Å²) in [6.45, 7) is 4.61. The number of aromatic nitrogens is 1. The van der Waals surface area contributed by atoms with Gasteiger partial charge in [-0.1, -0.05) is 27.3 Å². The number of ether oxygens (including phenoxy) is 1. The van der Waals surface area contributed by atoms with Gasteiger partial charge in [-0.3, -0.25) is 0 Å². The molecule has 0 unspecified atom stereocenters. The second kappa shape index (κ2) is 5.06. The van der Waals surface area contributed by atoms with Crippen LogP contribution in [0.3, 0.4) is 0 Å². The Bertz CT molecular complexity index is 516. The lowest BCUT2D eigenvalue weighted by Gasteiger charge is -2.09. The first-order valence-corrected chi connectivity index (χ1v) is 6.77. The van der Waals surface area contributed by atoms with Crippen LogP contribution in [0.5, 0.6) is 5.75 Å². The third-order valence-electron chi connectivity index (χ3n) is 2.36. The fourth-order valence-corrected chi connectivity index (χ4v) is 2.36. The maximum atomic E-state index is 5.72. The molecule has 1 heterocycles. The van der Waals surface area contributed by atoms with Crippen LogP contribution in [0, 0.1) is 13.8 Å². The quantitative estimate of drug-likeness (QED) is 0.940. The molecule has 2 rings (SSSR count). The van der Waals surface area contributed by atoms with E-state index in [2.05, 4.69) is 34.8 Å². The Morgan fingerprint density at radius 3 is 2.53 bits per heavy atom. The summed E-state index contributed by atoms with van der Waals surface area (Å²) in [5.74, 6) is 0.871. The Morgan fingerprint density at radius 1 is 1.35 bits per heavy atom. The van der Waals surface area contributed by atoms with Gasteiger partial charge in [0.25, 0.3) is 0 Å². The molecule has 5 heteroatoms. The highest BCUT2D eigenvalue weighted by atomic mass is 79.9. The number of benzene rings is 1. The molecule has 0 aliphatic carbocycles. The minimum absolute atomic E-state index is 0.509. The lowest BCUT2D eigenvalue weighted by molar-refractivity contribution is 0.309. The van der Waals surface area contributed by atoms with Crippen LogP contribution in [0.15, 0.2) is 22.8 Å². The number of halogens is 1. The highest BCUT2D eigenvalue weighted by Crippen LogP contribution is 2.27. The Hall–Kier alpha value is -1.07. The summed E-state index contributed by atoms with van der Waals surface area (Å²) in [4.78, 5) is 5.02. The number of hydrogen-bond donors (Lipinski definition) is 1. The molecule has 0 aliphatic heterocycles. The second-order valence-electron chi connectivity index (χ2n) is 3.82. The van der Waals surface area contributed by atoms with Crippen LogP contribution in [0.1, 0.15) is 16.0 Å². The van der Waals surface area contributed by atoms with Crippen molar-refractivity contribution in [1.29, 1.82) is 0 Å². The average Bonchev–Trinajstić information content (AvgIpc) is 2.69. The first kappa shape index (κ1) is 12.4. The van der Waals surface area contributed by atoms with Gasteiger partial charge in [-0.15, -0.1) is 0 Å². The number of nitrogen functional groups attached to an aromatic ring is 1. The highest BCUT2D eigenvalue weighted by Gasteiger charge is 2.04. The van der Waals surface area contributed by atoms with Crippen molar-refractivity contribution in [2.45, 2.75) is 20.5 Å². The monoisotopic (exact) mass is 312 g/mol. The highest BCUT2D eigenvalue weighted by molar-refractivity contribution is 9.10. The molecule has 3 nitrogen and oxygen atoms in total. The summed E-state index contributed by atoms with van der Waals surface area (Å²) in [5.41, 5.74) is 7.90. The van der Waals surface area contributed by atoms with Crippen LogP contribution in [-0.4, -0.2) is 4.98 Å². The van der Waals surface area contributed by atoms with Crippen LogP contribution < -0.4 is 10.5 Å². The van der Waals surface area contributed by atoms with Crippen molar-refractivity contribution in [2.24, 2.45) is 0 Å². The number of nitrogens with zero attached hydrogens (tertiary/aromatic N) is 1. The van der Waals surface area contributed by atoms with Gasteiger partial charge < -0.3 is 10.5 Å². The van der Waals surface area contributed by atoms with E-state index in [1.54, 1.807) is 6.20 Å². The first-order valence-electron chi connectivity index (χ1n) is 5.16. The van der Waals surface area contributed by atoms with Crippen molar-refractivity contribution >= 4 is 32.4 Å². The van der Waals surface area contributed by atoms with E-state index in [0.29, 0.717) is 11.7 Å². The third-order valence-corrected chi connectivity index (χ3v) is 4.41. The van der Waals surface area contributed by atoms with Gasteiger partial charge in [-0.2, -0.15) is 0 Å². The molecule has 0 atom stereocenters. The van der Waals surface area contributed by atoms with E-state index in [-0.39, 0.29) is 0 Å². The number of rotatable bonds is 3. The number of nitrogens with two attached hydrogens (primary N) is 1. The normalized spacial score (nSPS) is 10.5. The Labute approximate surface area is 113 Å². The molecule has 0 saturated heterocycles. The largest absolute Gasteiger partial charge is 0.488 e. The molecule has 90 valence electrons. The summed E-state index contributed by atoms with van der Waals surface area (Å²) in [6.07, 6.45) is 1.75. The molecule has 0 bridgehead atoms. The zero-order valence-corrected chi connectivity index (χ0v) is 12.1. The van der Waals surface area contributed by atoms with Crippen molar-refractivity contribution in [3.05, 3.63) is 38.8 Å². The lowest BCUT2D eigenvalue weighted by atomic mass is 10.1. The molecule has 2 aromatic rings. The summed E-state index contributed by atoms with van der Waals surface area (Å²) in [7, 11) is 0. The van der Waals surface area contributed by atoms with Crippen LogP contribution in [0.4, 0.5) is 5.13 Å². The van der Waals surface area contributed by atoms with E-state index < -0.39 is 0 Å². The summed E-state index contributed by atoms with van der Waals surface area (Å²) >= 11 is 4.98. The van der Waals surface area contributed by atoms with Gasteiger partial charge in [0.15, 0.2) is 5.13 Å². The number of hydrogen-bond acceptors (Lipinski definition) is 4. The molecule has 1 aromatic carbocycles. The fraction of sp³-hybridized carbons (Fsp3) is 0.250. The lowest BCUT2D eigenvalue weighted by Crippen LogP contribution is -1.94. The van der Waals surface area contributed by atoms with Gasteiger partial charge >= 0.3 is 0 Å². The Morgan fingerprint density at radius 2 is 2.00 bits per heavy atom. The maximum Gasteiger partial charge on any atom is 0.180 e. The maximum absolute atomic E-state index is 5.72. The summed E-state index contributed by atoms with van der Waals surface area (Å²) in [6, 6.07) is 4.03. The van der Waals surface area contributed by atoms with Gasteiger partial charge in [-0.05, 0) is 37.1 Å². The van der Waals surface area contributed by atoms with E-state index in [9.17, 15) is 0 Å². The summed E-state index contributed by atoms with van der Waals surface area (Å²) in [5, 5.41) is 0.576. The van der Waals surface area contributed by atoms with E-state index in [0.717, 1.165) is 15.1 Å². The predicted molar refractivity (Wildman–Crippen MR) is 74.5 cm³/mol.